The quantitative estimate of drug-likeness (QED) is 0.295. The van der Waals surface area contributed by atoms with Crippen molar-refractivity contribution >= 4 is 40.5 Å². The molecule has 164 valence electrons. The van der Waals surface area contributed by atoms with Gasteiger partial charge < -0.3 is 15.0 Å². The van der Waals surface area contributed by atoms with Crippen LogP contribution in [-0.2, 0) is 9.53 Å². The normalized spacial score (nSPS) is 13.8. The summed E-state index contributed by atoms with van der Waals surface area (Å²) in [6.45, 7) is 3.95. The number of nitrogens with one attached hydrogen (secondary N) is 2. The molecule has 0 saturated heterocycles. The number of ether oxygens (including phenoxy) is 1. The lowest BCUT2D eigenvalue weighted by Gasteiger charge is -2.03. The van der Waals surface area contributed by atoms with Crippen LogP contribution in [0.25, 0.3) is 33.5 Å². The van der Waals surface area contributed by atoms with Crippen LogP contribution in [0.1, 0.15) is 34.2 Å². The Kier molecular flexibility index (Phi) is 5.40. The van der Waals surface area contributed by atoms with Gasteiger partial charge in [0.2, 0.25) is 0 Å². The maximum Gasteiger partial charge on any atom is 0.354 e. The van der Waals surface area contributed by atoms with Gasteiger partial charge in [-0.2, -0.15) is 0 Å². The number of rotatable bonds is 5. The molecular formula is C26H21N3O3S. The van der Waals surface area contributed by atoms with Crippen molar-refractivity contribution in [2.75, 3.05) is 11.9 Å². The van der Waals surface area contributed by atoms with Crippen LogP contribution in [0.5, 0.6) is 0 Å². The molecule has 1 aliphatic heterocycles. The molecule has 2 aromatic heterocycles. The van der Waals surface area contributed by atoms with Gasteiger partial charge in [-0.25, -0.2) is 9.78 Å². The highest BCUT2D eigenvalue weighted by molar-refractivity contribution is 7.13. The molecule has 2 N–H and O–H groups in total. The zero-order chi connectivity index (χ0) is 22.9. The van der Waals surface area contributed by atoms with Crippen molar-refractivity contribution in [2.24, 2.45) is 0 Å². The number of carbonyl (C=O) groups excluding carboxylic acids is 2. The molecule has 7 heteroatoms. The van der Waals surface area contributed by atoms with Gasteiger partial charge in [0.05, 0.1) is 17.9 Å². The minimum absolute atomic E-state index is 0.183. The lowest BCUT2D eigenvalue weighted by Crippen LogP contribution is -2.05. The second-order valence-electron chi connectivity index (χ2n) is 7.68. The van der Waals surface area contributed by atoms with Crippen molar-refractivity contribution in [3.05, 3.63) is 82.5 Å². The fraction of sp³-hybridized carbons (Fsp3) is 0.115. The van der Waals surface area contributed by atoms with Crippen LogP contribution < -0.4 is 5.32 Å². The Balaban J connectivity index is 1.50. The number of nitrogens with zero attached hydrogens (tertiary/aromatic N) is 1. The average Bonchev–Trinajstić information content (AvgIpc) is 3.53. The number of aromatic nitrogens is 2. The molecule has 5 rings (SSSR count). The molecule has 1 aliphatic rings. The maximum absolute atomic E-state index is 12.7. The van der Waals surface area contributed by atoms with Crippen molar-refractivity contribution in [1.29, 1.82) is 0 Å². The van der Waals surface area contributed by atoms with Gasteiger partial charge >= 0.3 is 5.97 Å². The zero-order valence-corrected chi connectivity index (χ0v) is 19.0. The Morgan fingerprint density at radius 2 is 1.94 bits per heavy atom. The molecule has 0 atom stereocenters. The summed E-state index contributed by atoms with van der Waals surface area (Å²) in [5, 5.41) is 5.89. The van der Waals surface area contributed by atoms with Crippen molar-refractivity contribution in [3.8, 4) is 21.8 Å². The monoisotopic (exact) mass is 455 g/mol. The van der Waals surface area contributed by atoms with Crippen molar-refractivity contribution < 1.29 is 14.3 Å². The molecule has 0 radical (unpaired) electrons. The number of carbonyl (C=O) groups is 2. The van der Waals surface area contributed by atoms with Crippen molar-refractivity contribution in [2.45, 2.75) is 13.8 Å². The largest absolute Gasteiger partial charge is 0.461 e. The van der Waals surface area contributed by atoms with E-state index in [0.717, 1.165) is 38.6 Å². The number of hydrogen-bond donors (Lipinski definition) is 2. The third-order valence-corrected chi connectivity index (χ3v) is 6.35. The van der Waals surface area contributed by atoms with Crippen molar-refractivity contribution in [1.82, 2.24) is 9.97 Å². The summed E-state index contributed by atoms with van der Waals surface area (Å²) in [6.07, 6.45) is 1.78. The average molecular weight is 456 g/mol. The summed E-state index contributed by atoms with van der Waals surface area (Å²) >= 11 is 1.59. The van der Waals surface area contributed by atoms with Crippen LogP contribution in [0.2, 0.25) is 0 Å². The van der Waals surface area contributed by atoms with E-state index < -0.39 is 5.97 Å². The number of aromatic amines is 1. The molecule has 2 aromatic carbocycles. The number of anilines is 1. The Morgan fingerprint density at radius 3 is 2.73 bits per heavy atom. The lowest BCUT2D eigenvalue weighted by atomic mass is 10.0. The molecule has 0 spiro atoms. The van der Waals surface area contributed by atoms with Crippen LogP contribution in [0.15, 0.2) is 60.0 Å². The Hall–Kier alpha value is -3.97. The second-order valence-corrected chi connectivity index (χ2v) is 8.53. The van der Waals surface area contributed by atoms with Gasteiger partial charge in [0.25, 0.3) is 5.91 Å². The predicted molar refractivity (Wildman–Crippen MR) is 131 cm³/mol. The SMILES string of the molecule is CCOC(=O)c1cc(C)c(/C=C2\C(=O)Nc3ccc(-c4csc(-c5ccccc5)n4)cc32)[nH]1. The van der Waals surface area contributed by atoms with Crippen LogP contribution >= 0.6 is 11.3 Å². The van der Waals surface area contributed by atoms with Gasteiger partial charge in [-0.3, -0.25) is 4.79 Å². The molecule has 0 fully saturated rings. The fourth-order valence-electron chi connectivity index (χ4n) is 3.80. The van der Waals surface area contributed by atoms with Crippen LogP contribution in [0.3, 0.4) is 0 Å². The molecule has 1 amide bonds. The first kappa shape index (κ1) is 20.9. The maximum atomic E-state index is 12.7. The Bertz CT molecular complexity index is 1400. The third kappa shape index (κ3) is 3.99. The smallest absolute Gasteiger partial charge is 0.354 e. The first-order valence-corrected chi connectivity index (χ1v) is 11.5. The van der Waals surface area contributed by atoms with E-state index in [-0.39, 0.29) is 5.91 Å². The molecule has 4 aromatic rings. The number of aryl methyl sites for hydroxylation is 1. The minimum atomic E-state index is -0.415. The predicted octanol–water partition coefficient (Wildman–Crippen LogP) is 5.78. The van der Waals surface area contributed by atoms with Crippen LogP contribution in [0.4, 0.5) is 5.69 Å². The van der Waals surface area contributed by atoms with Gasteiger partial charge in [0.15, 0.2) is 0 Å². The molecular weight excluding hydrogens is 434 g/mol. The summed E-state index contributed by atoms with van der Waals surface area (Å²) in [5.74, 6) is -0.598. The Labute approximate surface area is 195 Å². The molecule has 33 heavy (non-hydrogen) atoms. The molecule has 0 saturated carbocycles. The van der Waals surface area contributed by atoms with E-state index in [9.17, 15) is 9.59 Å². The van der Waals surface area contributed by atoms with Gasteiger partial charge in [0, 0.05) is 33.5 Å². The van der Waals surface area contributed by atoms with E-state index in [1.807, 2.05) is 60.8 Å². The number of amides is 1. The number of fused-ring (bicyclic) bond motifs is 1. The molecule has 0 aliphatic carbocycles. The van der Waals surface area contributed by atoms with Gasteiger partial charge in [-0.05, 0) is 43.7 Å². The number of esters is 1. The first-order chi connectivity index (χ1) is 16.0. The molecule has 6 nitrogen and oxygen atoms in total. The summed E-state index contributed by atoms with van der Waals surface area (Å²) in [5.41, 5.74) is 6.88. The second kappa shape index (κ2) is 8.52. The highest BCUT2D eigenvalue weighted by Gasteiger charge is 2.25. The van der Waals surface area contributed by atoms with Gasteiger partial charge in [-0.1, -0.05) is 36.4 Å². The van der Waals surface area contributed by atoms with Gasteiger partial charge in [0.1, 0.15) is 10.7 Å². The lowest BCUT2D eigenvalue weighted by molar-refractivity contribution is -0.110. The molecule has 0 bridgehead atoms. The van der Waals surface area contributed by atoms with E-state index in [0.29, 0.717) is 23.6 Å². The van der Waals surface area contributed by atoms with E-state index in [2.05, 4.69) is 10.3 Å². The number of benzene rings is 2. The summed E-state index contributed by atoms with van der Waals surface area (Å²) in [4.78, 5) is 32.7. The molecule has 0 unspecified atom stereocenters. The standard InChI is InChI=1S/C26H21N3O3S/c1-3-32-26(31)22-11-15(2)21(27-22)13-19-18-12-17(9-10-20(18)28-24(19)30)23-14-33-25(29-23)16-7-5-4-6-8-16/h4-14,27H,3H2,1-2H3,(H,28,30)/b19-13-. The number of H-pyrrole nitrogens is 1. The number of thiazole rings is 1. The third-order valence-electron chi connectivity index (χ3n) is 5.46. The van der Waals surface area contributed by atoms with E-state index in [1.165, 1.54) is 0 Å². The van der Waals surface area contributed by atoms with E-state index in [4.69, 9.17) is 9.72 Å². The highest BCUT2D eigenvalue weighted by atomic mass is 32.1. The van der Waals surface area contributed by atoms with Crippen LogP contribution in [-0.4, -0.2) is 28.5 Å². The Morgan fingerprint density at radius 1 is 1.12 bits per heavy atom. The minimum Gasteiger partial charge on any atom is -0.461 e. The molecule has 3 heterocycles. The number of hydrogen-bond acceptors (Lipinski definition) is 5. The zero-order valence-electron chi connectivity index (χ0n) is 18.1. The van der Waals surface area contributed by atoms with Gasteiger partial charge in [-0.15, -0.1) is 11.3 Å². The topological polar surface area (TPSA) is 84.1 Å². The summed E-state index contributed by atoms with van der Waals surface area (Å²) < 4.78 is 5.07. The first-order valence-electron chi connectivity index (χ1n) is 10.6. The summed E-state index contributed by atoms with van der Waals surface area (Å²) in [6, 6.07) is 17.6. The van der Waals surface area contributed by atoms with Crippen molar-refractivity contribution in [3.63, 3.8) is 0 Å². The van der Waals surface area contributed by atoms with Crippen LogP contribution in [0, 0.1) is 6.92 Å². The summed E-state index contributed by atoms with van der Waals surface area (Å²) in [7, 11) is 0. The highest BCUT2D eigenvalue weighted by Crippen LogP contribution is 2.37. The van der Waals surface area contributed by atoms with E-state index >= 15 is 0 Å². The fourth-order valence-corrected chi connectivity index (χ4v) is 4.63. The van der Waals surface area contributed by atoms with E-state index in [1.54, 1.807) is 30.4 Å².